The Morgan fingerprint density at radius 3 is 2.68 bits per heavy atom. The van der Waals surface area contributed by atoms with Crippen LogP contribution >= 0.6 is 34.2 Å². The van der Waals surface area contributed by atoms with Gasteiger partial charge in [-0.2, -0.15) is 0 Å². The number of halogens is 2. The number of benzene rings is 2. The molecule has 0 N–H and O–H groups in total. The highest BCUT2D eigenvalue weighted by Crippen LogP contribution is 2.35. The highest BCUT2D eigenvalue weighted by molar-refractivity contribution is 14.1. The van der Waals surface area contributed by atoms with E-state index in [2.05, 4.69) is 34.5 Å². The number of para-hydroxylation sites is 1. The summed E-state index contributed by atoms with van der Waals surface area (Å²) in [6, 6.07) is 11.6. The first-order chi connectivity index (χ1) is 10.5. The molecule has 0 radical (unpaired) electrons. The van der Waals surface area contributed by atoms with Gasteiger partial charge in [-0.25, -0.2) is 4.99 Å². The lowest BCUT2D eigenvalue weighted by Gasteiger charge is -2.12. The maximum atomic E-state index is 6.32. The lowest BCUT2D eigenvalue weighted by atomic mass is 10.2. The molecule has 22 heavy (non-hydrogen) atoms. The van der Waals surface area contributed by atoms with E-state index >= 15 is 0 Å². The van der Waals surface area contributed by atoms with Crippen molar-refractivity contribution in [3.8, 4) is 11.5 Å². The number of hydrogen-bond donors (Lipinski definition) is 0. The average molecular weight is 429 g/mol. The zero-order chi connectivity index (χ0) is 16.1. The van der Waals surface area contributed by atoms with Crippen molar-refractivity contribution >= 4 is 46.2 Å². The molecule has 2 aromatic carbocycles. The third-order valence-corrected chi connectivity index (χ3v) is 4.39. The molecule has 0 saturated heterocycles. The van der Waals surface area contributed by atoms with Gasteiger partial charge in [-0.1, -0.05) is 23.7 Å². The Bertz CT molecular complexity index is 688. The zero-order valence-corrected chi connectivity index (χ0v) is 15.7. The fourth-order valence-electron chi connectivity index (χ4n) is 1.75. The van der Waals surface area contributed by atoms with Crippen molar-refractivity contribution < 1.29 is 4.74 Å². The number of rotatable bonds is 5. The standard InChI is InChI=1S/C17H18ClIN2O/c1-4-21(3)11-20-15-9-12(2)17(10-13(15)18)22-16-8-6-5-7-14(16)19/h5-11H,4H2,1-3H3. The van der Waals surface area contributed by atoms with Crippen LogP contribution in [0.1, 0.15) is 12.5 Å². The summed E-state index contributed by atoms with van der Waals surface area (Å²) in [7, 11) is 1.97. The molecule has 0 bridgehead atoms. The molecule has 0 saturated carbocycles. The van der Waals surface area contributed by atoms with E-state index in [1.54, 1.807) is 6.34 Å². The summed E-state index contributed by atoms with van der Waals surface area (Å²) in [6.07, 6.45) is 1.78. The first-order valence-corrected chi connectivity index (χ1v) is 8.44. The SMILES string of the molecule is CCN(C)C=Nc1cc(C)c(Oc2ccccc2I)cc1Cl. The lowest BCUT2D eigenvalue weighted by molar-refractivity contribution is 0.475. The van der Waals surface area contributed by atoms with Crippen LogP contribution in [0.2, 0.25) is 5.02 Å². The lowest BCUT2D eigenvalue weighted by Crippen LogP contribution is -2.14. The Morgan fingerprint density at radius 1 is 1.27 bits per heavy atom. The van der Waals surface area contributed by atoms with Crippen LogP contribution in [-0.4, -0.2) is 24.8 Å². The Morgan fingerprint density at radius 2 is 2.00 bits per heavy atom. The molecule has 0 unspecified atom stereocenters. The molecule has 3 nitrogen and oxygen atoms in total. The van der Waals surface area contributed by atoms with Gasteiger partial charge in [-0.15, -0.1) is 0 Å². The van der Waals surface area contributed by atoms with E-state index in [9.17, 15) is 0 Å². The van der Waals surface area contributed by atoms with Crippen molar-refractivity contribution in [2.24, 2.45) is 4.99 Å². The minimum atomic E-state index is 0.576. The van der Waals surface area contributed by atoms with Crippen LogP contribution < -0.4 is 4.74 Å². The Labute approximate surface area is 150 Å². The van der Waals surface area contributed by atoms with E-state index in [0.29, 0.717) is 5.02 Å². The molecule has 5 heteroatoms. The summed E-state index contributed by atoms with van der Waals surface area (Å²) in [5, 5.41) is 0.576. The van der Waals surface area contributed by atoms with Crippen LogP contribution in [-0.2, 0) is 0 Å². The molecule has 2 aromatic rings. The average Bonchev–Trinajstić information content (AvgIpc) is 2.51. The largest absolute Gasteiger partial charge is 0.456 e. The molecule has 0 atom stereocenters. The highest BCUT2D eigenvalue weighted by Gasteiger charge is 2.09. The fourth-order valence-corrected chi connectivity index (χ4v) is 2.45. The van der Waals surface area contributed by atoms with Gasteiger partial charge in [0.15, 0.2) is 0 Å². The number of hydrogen-bond acceptors (Lipinski definition) is 2. The topological polar surface area (TPSA) is 24.8 Å². The number of aliphatic imine (C=N–C) groups is 1. The van der Waals surface area contributed by atoms with Crippen molar-refractivity contribution in [3.63, 3.8) is 0 Å². The van der Waals surface area contributed by atoms with Crippen LogP contribution in [0.4, 0.5) is 5.69 Å². The molecule has 0 aliphatic rings. The van der Waals surface area contributed by atoms with Gasteiger partial charge in [0.2, 0.25) is 0 Å². The molecule has 116 valence electrons. The molecular weight excluding hydrogens is 411 g/mol. The third-order valence-electron chi connectivity index (χ3n) is 3.19. The monoisotopic (exact) mass is 428 g/mol. The maximum absolute atomic E-state index is 6.32. The summed E-state index contributed by atoms with van der Waals surface area (Å²) in [6.45, 7) is 4.95. The number of ether oxygens (including phenoxy) is 1. The Hall–Kier alpha value is -1.27. The molecular formula is C17H18ClIN2O. The molecule has 0 aliphatic heterocycles. The van der Waals surface area contributed by atoms with E-state index in [0.717, 1.165) is 32.9 Å². The van der Waals surface area contributed by atoms with Gasteiger partial charge >= 0.3 is 0 Å². The second kappa shape index (κ2) is 7.83. The fraction of sp³-hybridized carbons (Fsp3) is 0.235. The first kappa shape index (κ1) is 17.1. The zero-order valence-electron chi connectivity index (χ0n) is 12.8. The predicted octanol–water partition coefficient (Wildman–Crippen LogP) is 5.66. The van der Waals surface area contributed by atoms with E-state index in [4.69, 9.17) is 16.3 Å². The number of nitrogens with zero attached hydrogens (tertiary/aromatic N) is 2. The number of aryl methyl sites for hydroxylation is 1. The normalized spacial score (nSPS) is 11.0. The highest BCUT2D eigenvalue weighted by atomic mass is 127. The van der Waals surface area contributed by atoms with Crippen LogP contribution in [0, 0.1) is 10.5 Å². The maximum Gasteiger partial charge on any atom is 0.140 e. The third kappa shape index (κ3) is 4.36. The molecule has 2 rings (SSSR count). The van der Waals surface area contributed by atoms with Crippen molar-refractivity contribution in [2.75, 3.05) is 13.6 Å². The van der Waals surface area contributed by atoms with Crippen molar-refractivity contribution in [1.82, 2.24) is 4.90 Å². The molecule has 0 amide bonds. The minimum Gasteiger partial charge on any atom is -0.456 e. The van der Waals surface area contributed by atoms with Crippen LogP contribution in [0.15, 0.2) is 41.4 Å². The van der Waals surface area contributed by atoms with Gasteiger partial charge in [-0.3, -0.25) is 0 Å². The molecule has 0 fully saturated rings. The van der Waals surface area contributed by atoms with E-state index in [1.165, 1.54) is 0 Å². The van der Waals surface area contributed by atoms with E-state index in [1.807, 2.05) is 55.3 Å². The molecule has 0 aliphatic carbocycles. The predicted molar refractivity (Wildman–Crippen MR) is 102 cm³/mol. The smallest absolute Gasteiger partial charge is 0.140 e. The minimum absolute atomic E-state index is 0.576. The molecule has 0 spiro atoms. The second-order valence-electron chi connectivity index (χ2n) is 4.92. The van der Waals surface area contributed by atoms with Gasteiger partial charge < -0.3 is 9.64 Å². The van der Waals surface area contributed by atoms with Gasteiger partial charge in [-0.05, 0) is 60.2 Å². The quantitative estimate of drug-likeness (QED) is 0.349. The summed E-state index contributed by atoms with van der Waals surface area (Å²) in [5.74, 6) is 1.57. The van der Waals surface area contributed by atoms with Crippen molar-refractivity contribution in [3.05, 3.63) is 50.6 Å². The summed E-state index contributed by atoms with van der Waals surface area (Å²) < 4.78 is 7.03. The van der Waals surface area contributed by atoms with Gasteiger partial charge in [0.05, 0.1) is 20.6 Å². The van der Waals surface area contributed by atoms with Crippen LogP contribution in [0.25, 0.3) is 0 Å². The summed E-state index contributed by atoms with van der Waals surface area (Å²) in [4.78, 5) is 6.40. The van der Waals surface area contributed by atoms with Gasteiger partial charge in [0.1, 0.15) is 11.5 Å². The van der Waals surface area contributed by atoms with E-state index < -0.39 is 0 Å². The van der Waals surface area contributed by atoms with Gasteiger partial charge in [0, 0.05) is 19.7 Å². The summed E-state index contributed by atoms with van der Waals surface area (Å²) >= 11 is 8.57. The first-order valence-electron chi connectivity index (χ1n) is 6.98. The van der Waals surface area contributed by atoms with E-state index in [-0.39, 0.29) is 0 Å². The second-order valence-corrected chi connectivity index (χ2v) is 6.49. The van der Waals surface area contributed by atoms with Gasteiger partial charge in [0.25, 0.3) is 0 Å². The molecule has 0 aromatic heterocycles. The Balaban J connectivity index is 2.27. The molecule has 0 heterocycles. The van der Waals surface area contributed by atoms with Crippen molar-refractivity contribution in [1.29, 1.82) is 0 Å². The summed E-state index contributed by atoms with van der Waals surface area (Å²) in [5.41, 5.74) is 1.74. The van der Waals surface area contributed by atoms with Crippen molar-refractivity contribution in [2.45, 2.75) is 13.8 Å². The van der Waals surface area contributed by atoms with Crippen LogP contribution in [0.5, 0.6) is 11.5 Å². The Kier molecular flexibility index (Phi) is 6.08. The van der Waals surface area contributed by atoms with Crippen LogP contribution in [0.3, 0.4) is 0 Å².